The van der Waals surface area contributed by atoms with Crippen LogP contribution in [0.4, 0.5) is 0 Å². The predicted molar refractivity (Wildman–Crippen MR) is 45.9 cm³/mol. The Balaban J connectivity index is 1.97. The van der Waals surface area contributed by atoms with E-state index in [0.29, 0.717) is 0 Å². The van der Waals surface area contributed by atoms with E-state index in [9.17, 15) is 0 Å². The lowest BCUT2D eigenvalue weighted by Crippen LogP contribution is -1.96. The molecule has 4 nitrogen and oxygen atoms in total. The van der Waals surface area contributed by atoms with Crippen LogP contribution in [0.25, 0.3) is 0 Å². The predicted octanol–water partition coefficient (Wildman–Crippen LogP) is 1.30. The van der Waals surface area contributed by atoms with Crippen LogP contribution < -0.4 is 0 Å². The highest BCUT2D eigenvalue weighted by atomic mass is 15.4. The maximum Gasteiger partial charge on any atom is 0.141 e. The van der Waals surface area contributed by atoms with Crippen LogP contribution in [0, 0.1) is 5.92 Å². The van der Waals surface area contributed by atoms with Gasteiger partial charge in [0, 0.05) is 5.71 Å². The Labute approximate surface area is 71.3 Å². The van der Waals surface area contributed by atoms with Gasteiger partial charge in [-0.25, -0.2) is 4.68 Å². The Morgan fingerprint density at radius 2 is 2.17 bits per heavy atom. The molecule has 0 radical (unpaired) electrons. The second-order valence-electron chi connectivity index (χ2n) is 3.32. The van der Waals surface area contributed by atoms with Crippen molar-refractivity contribution in [3.05, 3.63) is 12.7 Å². The molecular formula is C8H12N4. The van der Waals surface area contributed by atoms with Crippen LogP contribution in [-0.2, 0) is 0 Å². The number of hydrogen-bond acceptors (Lipinski definition) is 3. The summed E-state index contributed by atoms with van der Waals surface area (Å²) < 4.78 is 1.65. The molecule has 1 aliphatic carbocycles. The molecule has 1 aromatic rings. The van der Waals surface area contributed by atoms with E-state index in [1.807, 2.05) is 0 Å². The molecule has 1 aromatic heterocycles. The first-order chi connectivity index (χ1) is 5.84. The second-order valence-corrected chi connectivity index (χ2v) is 3.32. The molecule has 1 saturated carbocycles. The molecule has 1 heterocycles. The summed E-state index contributed by atoms with van der Waals surface area (Å²) >= 11 is 0. The molecule has 4 heteroatoms. The minimum atomic E-state index is 0.894. The van der Waals surface area contributed by atoms with Crippen molar-refractivity contribution in [3.63, 3.8) is 0 Å². The molecule has 1 fully saturated rings. The molecule has 64 valence electrons. The molecule has 0 spiro atoms. The summed E-state index contributed by atoms with van der Waals surface area (Å²) in [6.45, 7) is 2.05. The SMILES string of the molecule is C/C(CC1CC1)=N\n1cnnc1. The van der Waals surface area contributed by atoms with Gasteiger partial charge in [0.15, 0.2) is 0 Å². The largest absolute Gasteiger partial charge is 0.208 e. The van der Waals surface area contributed by atoms with Crippen LogP contribution in [0.5, 0.6) is 0 Å². The molecule has 0 saturated heterocycles. The first-order valence-corrected chi connectivity index (χ1v) is 4.23. The summed E-state index contributed by atoms with van der Waals surface area (Å²) in [4.78, 5) is 0. The van der Waals surface area contributed by atoms with Crippen molar-refractivity contribution < 1.29 is 0 Å². The van der Waals surface area contributed by atoms with Gasteiger partial charge in [-0.15, -0.1) is 10.2 Å². The van der Waals surface area contributed by atoms with E-state index in [-0.39, 0.29) is 0 Å². The van der Waals surface area contributed by atoms with Crippen molar-refractivity contribution in [2.24, 2.45) is 11.0 Å². The molecule has 12 heavy (non-hydrogen) atoms. The third kappa shape index (κ3) is 1.90. The standard InChI is InChI=1S/C8H12N4/c1-7(4-8-2-3-8)11-12-5-9-10-6-12/h5-6,8H,2-4H2,1H3/b11-7+. The molecule has 0 aliphatic heterocycles. The van der Waals surface area contributed by atoms with E-state index < -0.39 is 0 Å². The maximum atomic E-state index is 4.31. The number of hydrogen-bond donors (Lipinski definition) is 0. The summed E-state index contributed by atoms with van der Waals surface area (Å²) in [5.74, 6) is 0.894. The van der Waals surface area contributed by atoms with Crippen molar-refractivity contribution in [2.75, 3.05) is 0 Å². The number of nitrogens with zero attached hydrogens (tertiary/aromatic N) is 4. The molecule has 0 unspecified atom stereocenters. The Morgan fingerprint density at radius 1 is 1.50 bits per heavy atom. The van der Waals surface area contributed by atoms with Crippen molar-refractivity contribution in [2.45, 2.75) is 26.2 Å². The van der Waals surface area contributed by atoms with Gasteiger partial charge in [-0.2, -0.15) is 5.10 Å². The van der Waals surface area contributed by atoms with Crippen LogP contribution in [-0.4, -0.2) is 20.6 Å². The topological polar surface area (TPSA) is 43.1 Å². The van der Waals surface area contributed by atoms with Crippen molar-refractivity contribution >= 4 is 5.71 Å². The van der Waals surface area contributed by atoms with Crippen LogP contribution in [0.15, 0.2) is 17.8 Å². The fourth-order valence-electron chi connectivity index (χ4n) is 1.22. The van der Waals surface area contributed by atoms with Gasteiger partial charge in [-0.1, -0.05) is 0 Å². The van der Waals surface area contributed by atoms with E-state index in [1.165, 1.54) is 12.8 Å². The lowest BCUT2D eigenvalue weighted by Gasteiger charge is -1.96. The summed E-state index contributed by atoms with van der Waals surface area (Å²) in [6.07, 6.45) is 7.08. The van der Waals surface area contributed by atoms with E-state index in [2.05, 4.69) is 22.2 Å². The van der Waals surface area contributed by atoms with Gasteiger partial charge >= 0.3 is 0 Å². The molecule has 0 aromatic carbocycles. The average Bonchev–Trinajstić information content (AvgIpc) is 2.66. The summed E-state index contributed by atoms with van der Waals surface area (Å²) in [6, 6.07) is 0. The first kappa shape index (κ1) is 7.46. The van der Waals surface area contributed by atoms with Crippen molar-refractivity contribution in [3.8, 4) is 0 Å². The van der Waals surface area contributed by atoms with Crippen LogP contribution in [0.3, 0.4) is 0 Å². The van der Waals surface area contributed by atoms with E-state index in [1.54, 1.807) is 17.3 Å². The van der Waals surface area contributed by atoms with Gasteiger partial charge in [-0.05, 0) is 32.1 Å². The Morgan fingerprint density at radius 3 is 2.75 bits per heavy atom. The highest BCUT2D eigenvalue weighted by molar-refractivity contribution is 5.82. The molecule has 0 atom stereocenters. The normalized spacial score (nSPS) is 18.2. The van der Waals surface area contributed by atoms with Gasteiger partial charge in [0.05, 0.1) is 0 Å². The highest BCUT2D eigenvalue weighted by Crippen LogP contribution is 2.32. The van der Waals surface area contributed by atoms with Crippen molar-refractivity contribution in [1.29, 1.82) is 0 Å². The van der Waals surface area contributed by atoms with Gasteiger partial charge < -0.3 is 0 Å². The zero-order valence-corrected chi connectivity index (χ0v) is 7.14. The first-order valence-electron chi connectivity index (χ1n) is 4.23. The lowest BCUT2D eigenvalue weighted by molar-refractivity contribution is 0.828. The average molecular weight is 164 g/mol. The van der Waals surface area contributed by atoms with E-state index in [4.69, 9.17) is 0 Å². The maximum absolute atomic E-state index is 4.31. The van der Waals surface area contributed by atoms with Crippen LogP contribution >= 0.6 is 0 Å². The fourth-order valence-corrected chi connectivity index (χ4v) is 1.22. The van der Waals surface area contributed by atoms with Crippen LogP contribution in [0.1, 0.15) is 26.2 Å². The van der Waals surface area contributed by atoms with Gasteiger partial charge in [0.1, 0.15) is 12.7 Å². The molecular weight excluding hydrogens is 152 g/mol. The van der Waals surface area contributed by atoms with Gasteiger partial charge in [0.25, 0.3) is 0 Å². The van der Waals surface area contributed by atoms with Gasteiger partial charge in [0.2, 0.25) is 0 Å². The third-order valence-corrected chi connectivity index (χ3v) is 1.97. The fraction of sp³-hybridized carbons (Fsp3) is 0.625. The zero-order chi connectivity index (χ0) is 8.39. The van der Waals surface area contributed by atoms with E-state index in [0.717, 1.165) is 18.1 Å². The highest BCUT2D eigenvalue weighted by Gasteiger charge is 2.21. The van der Waals surface area contributed by atoms with E-state index >= 15 is 0 Å². The third-order valence-electron chi connectivity index (χ3n) is 1.97. The molecule has 2 rings (SSSR count). The second kappa shape index (κ2) is 3.05. The molecule has 0 amide bonds. The monoisotopic (exact) mass is 164 g/mol. The quantitative estimate of drug-likeness (QED) is 0.632. The minimum absolute atomic E-state index is 0.894. The van der Waals surface area contributed by atoms with Gasteiger partial charge in [-0.3, -0.25) is 0 Å². The summed E-state index contributed by atoms with van der Waals surface area (Å²) in [7, 11) is 0. The molecule has 1 aliphatic rings. The molecule has 0 N–H and O–H groups in total. The summed E-state index contributed by atoms with van der Waals surface area (Å²) in [5, 5.41) is 11.7. The lowest BCUT2D eigenvalue weighted by atomic mass is 10.2. The van der Waals surface area contributed by atoms with Crippen molar-refractivity contribution in [1.82, 2.24) is 14.9 Å². The number of aromatic nitrogens is 3. The molecule has 0 bridgehead atoms. The van der Waals surface area contributed by atoms with Crippen LogP contribution in [0.2, 0.25) is 0 Å². The Bertz CT molecular complexity index is 271. The summed E-state index contributed by atoms with van der Waals surface area (Å²) in [5.41, 5.74) is 1.16. The Kier molecular flexibility index (Phi) is 1.89. The smallest absolute Gasteiger partial charge is 0.141 e. The number of rotatable bonds is 3. The minimum Gasteiger partial charge on any atom is -0.208 e. The zero-order valence-electron chi connectivity index (χ0n) is 7.14. The Hall–Kier alpha value is -1.19.